The molecule has 0 aliphatic carbocycles. The lowest BCUT2D eigenvalue weighted by atomic mass is 9.99. The number of anilines is 1. The van der Waals surface area contributed by atoms with Gasteiger partial charge in [0, 0.05) is 39.3 Å². The zero-order chi connectivity index (χ0) is 16.2. The highest BCUT2D eigenvalue weighted by atomic mass is 35.5. The number of piperazine rings is 1. The molecule has 0 radical (unpaired) electrons. The van der Waals surface area contributed by atoms with Crippen LogP contribution in [0.3, 0.4) is 0 Å². The Morgan fingerprint density at radius 3 is 2.39 bits per heavy atom. The monoisotopic (exact) mass is 335 g/mol. The van der Waals surface area contributed by atoms with Crippen molar-refractivity contribution in [3.05, 3.63) is 29.3 Å². The Morgan fingerprint density at radius 2 is 1.74 bits per heavy atom. The molecule has 0 unspecified atom stereocenters. The Balaban J connectivity index is 1.48. The Bertz CT molecular complexity index is 535. The lowest BCUT2D eigenvalue weighted by Gasteiger charge is -2.37. The van der Waals surface area contributed by atoms with Gasteiger partial charge in [0.15, 0.2) is 0 Å². The third kappa shape index (κ3) is 4.18. The predicted molar refractivity (Wildman–Crippen MR) is 95.1 cm³/mol. The second kappa shape index (κ2) is 7.54. The van der Waals surface area contributed by atoms with Gasteiger partial charge in [-0.05, 0) is 30.9 Å². The molecule has 2 saturated heterocycles. The fourth-order valence-electron chi connectivity index (χ4n) is 3.40. The molecule has 5 heteroatoms. The molecule has 0 aromatic heterocycles. The Kier molecular flexibility index (Phi) is 5.44. The van der Waals surface area contributed by atoms with Gasteiger partial charge < -0.3 is 9.80 Å². The van der Waals surface area contributed by atoms with Crippen LogP contribution >= 0.6 is 11.6 Å². The Labute approximate surface area is 144 Å². The fourth-order valence-corrected chi connectivity index (χ4v) is 3.66. The maximum atomic E-state index is 12.4. The summed E-state index contributed by atoms with van der Waals surface area (Å²) < 4.78 is 0. The van der Waals surface area contributed by atoms with Gasteiger partial charge in [-0.1, -0.05) is 30.7 Å². The predicted octanol–water partition coefficient (Wildman–Crippen LogP) is 2.72. The van der Waals surface area contributed by atoms with Crippen molar-refractivity contribution < 1.29 is 4.79 Å². The number of likely N-dealkylation sites (tertiary alicyclic amines) is 1. The summed E-state index contributed by atoms with van der Waals surface area (Å²) in [5, 5.41) is 0.805. The van der Waals surface area contributed by atoms with Gasteiger partial charge in [-0.3, -0.25) is 9.69 Å². The molecule has 2 heterocycles. The average molecular weight is 336 g/mol. The zero-order valence-electron chi connectivity index (χ0n) is 13.9. The summed E-state index contributed by atoms with van der Waals surface area (Å²) in [6, 6.07) is 7.98. The van der Waals surface area contributed by atoms with Gasteiger partial charge in [0.25, 0.3) is 0 Å². The van der Waals surface area contributed by atoms with E-state index in [0.29, 0.717) is 12.5 Å². The van der Waals surface area contributed by atoms with E-state index in [4.69, 9.17) is 11.6 Å². The molecule has 2 fully saturated rings. The third-order valence-corrected chi connectivity index (χ3v) is 5.38. The van der Waals surface area contributed by atoms with Crippen molar-refractivity contribution in [3.63, 3.8) is 0 Å². The topological polar surface area (TPSA) is 26.8 Å². The van der Waals surface area contributed by atoms with Crippen molar-refractivity contribution >= 4 is 23.2 Å². The summed E-state index contributed by atoms with van der Waals surface area (Å²) in [7, 11) is 0. The maximum Gasteiger partial charge on any atom is 0.236 e. The van der Waals surface area contributed by atoms with Crippen molar-refractivity contribution in [2.45, 2.75) is 19.8 Å². The minimum Gasteiger partial charge on any atom is -0.368 e. The van der Waals surface area contributed by atoms with Gasteiger partial charge in [-0.2, -0.15) is 0 Å². The van der Waals surface area contributed by atoms with E-state index >= 15 is 0 Å². The third-order valence-electron chi connectivity index (χ3n) is 5.06. The first-order valence-corrected chi connectivity index (χ1v) is 9.01. The number of para-hydroxylation sites is 1. The number of halogens is 1. The molecular weight excluding hydrogens is 310 g/mol. The lowest BCUT2D eigenvalue weighted by Crippen LogP contribution is -2.51. The molecule has 0 N–H and O–H groups in total. The van der Waals surface area contributed by atoms with Gasteiger partial charge in [-0.15, -0.1) is 0 Å². The summed E-state index contributed by atoms with van der Waals surface area (Å²) in [6.07, 6.45) is 2.29. The van der Waals surface area contributed by atoms with Crippen molar-refractivity contribution in [1.82, 2.24) is 9.80 Å². The summed E-state index contributed by atoms with van der Waals surface area (Å²) >= 11 is 6.28. The maximum absolute atomic E-state index is 12.4. The second-order valence-electron chi connectivity index (χ2n) is 6.78. The van der Waals surface area contributed by atoms with Crippen molar-refractivity contribution in [1.29, 1.82) is 0 Å². The van der Waals surface area contributed by atoms with Crippen LogP contribution in [0.5, 0.6) is 0 Å². The molecule has 3 rings (SSSR count). The van der Waals surface area contributed by atoms with Crippen LogP contribution in [0.1, 0.15) is 19.8 Å². The van der Waals surface area contributed by atoms with Crippen LogP contribution in [-0.2, 0) is 4.79 Å². The van der Waals surface area contributed by atoms with E-state index in [1.54, 1.807) is 0 Å². The Hall–Kier alpha value is -1.26. The lowest BCUT2D eigenvalue weighted by molar-refractivity contribution is -0.133. The summed E-state index contributed by atoms with van der Waals surface area (Å²) in [6.45, 7) is 8.38. The smallest absolute Gasteiger partial charge is 0.236 e. The first-order valence-electron chi connectivity index (χ1n) is 8.63. The van der Waals surface area contributed by atoms with Gasteiger partial charge in [-0.25, -0.2) is 0 Å². The first-order chi connectivity index (χ1) is 11.1. The van der Waals surface area contributed by atoms with Crippen LogP contribution < -0.4 is 4.90 Å². The van der Waals surface area contributed by atoms with Crippen LogP contribution in [0.2, 0.25) is 5.02 Å². The summed E-state index contributed by atoms with van der Waals surface area (Å²) in [5.41, 5.74) is 1.10. The Morgan fingerprint density at radius 1 is 1.09 bits per heavy atom. The summed E-state index contributed by atoms with van der Waals surface area (Å²) in [5.74, 6) is 1.06. The van der Waals surface area contributed by atoms with Gasteiger partial charge >= 0.3 is 0 Å². The highest BCUT2D eigenvalue weighted by Crippen LogP contribution is 2.26. The highest BCUT2D eigenvalue weighted by molar-refractivity contribution is 6.33. The van der Waals surface area contributed by atoms with Crippen LogP contribution in [0, 0.1) is 5.92 Å². The molecule has 0 bridgehead atoms. The van der Waals surface area contributed by atoms with E-state index in [-0.39, 0.29) is 0 Å². The van der Waals surface area contributed by atoms with Crippen LogP contribution in [-0.4, -0.2) is 61.5 Å². The van der Waals surface area contributed by atoms with E-state index in [2.05, 4.69) is 22.8 Å². The average Bonchev–Trinajstić information content (AvgIpc) is 2.57. The number of piperidine rings is 1. The van der Waals surface area contributed by atoms with E-state index in [9.17, 15) is 4.79 Å². The number of benzene rings is 1. The standard InChI is InChI=1S/C18H26ClN3O/c1-15-6-8-22(9-7-15)18(23)14-20-10-12-21(13-11-20)17-5-3-2-4-16(17)19/h2-5,15H,6-14H2,1H3. The number of carbonyl (C=O) groups is 1. The SMILES string of the molecule is CC1CCN(C(=O)CN2CCN(c3ccccc3Cl)CC2)CC1. The van der Waals surface area contributed by atoms with Gasteiger partial charge in [0.2, 0.25) is 5.91 Å². The minimum atomic E-state index is 0.295. The van der Waals surface area contributed by atoms with Crippen molar-refractivity contribution in [3.8, 4) is 0 Å². The highest BCUT2D eigenvalue weighted by Gasteiger charge is 2.24. The molecule has 2 aliphatic heterocycles. The molecule has 4 nitrogen and oxygen atoms in total. The van der Waals surface area contributed by atoms with E-state index < -0.39 is 0 Å². The van der Waals surface area contributed by atoms with Gasteiger partial charge in [0.1, 0.15) is 0 Å². The van der Waals surface area contributed by atoms with Crippen molar-refractivity contribution in [2.75, 3.05) is 50.7 Å². The number of nitrogens with zero attached hydrogens (tertiary/aromatic N) is 3. The fraction of sp³-hybridized carbons (Fsp3) is 0.611. The molecule has 2 aliphatic rings. The van der Waals surface area contributed by atoms with E-state index in [0.717, 1.165) is 68.7 Å². The van der Waals surface area contributed by atoms with Crippen LogP contribution in [0.25, 0.3) is 0 Å². The molecule has 1 amide bonds. The molecule has 1 aromatic rings. The largest absolute Gasteiger partial charge is 0.368 e. The zero-order valence-corrected chi connectivity index (χ0v) is 14.6. The van der Waals surface area contributed by atoms with E-state index in [1.807, 2.05) is 23.1 Å². The van der Waals surface area contributed by atoms with E-state index in [1.165, 1.54) is 0 Å². The molecule has 126 valence electrons. The number of hydrogen-bond donors (Lipinski definition) is 0. The van der Waals surface area contributed by atoms with Crippen LogP contribution in [0.4, 0.5) is 5.69 Å². The van der Waals surface area contributed by atoms with Crippen molar-refractivity contribution in [2.24, 2.45) is 5.92 Å². The quantitative estimate of drug-likeness (QED) is 0.849. The number of hydrogen-bond acceptors (Lipinski definition) is 3. The first kappa shape index (κ1) is 16.6. The normalized spacial score (nSPS) is 20.8. The molecule has 23 heavy (non-hydrogen) atoms. The molecule has 1 aromatic carbocycles. The molecule has 0 saturated carbocycles. The van der Waals surface area contributed by atoms with Crippen LogP contribution in [0.15, 0.2) is 24.3 Å². The second-order valence-corrected chi connectivity index (χ2v) is 7.19. The molecular formula is C18H26ClN3O. The summed E-state index contributed by atoms with van der Waals surface area (Å²) in [4.78, 5) is 19.1. The molecule has 0 spiro atoms. The van der Waals surface area contributed by atoms with Gasteiger partial charge in [0.05, 0.1) is 17.3 Å². The number of rotatable bonds is 3. The molecule has 0 atom stereocenters. The number of amides is 1. The number of carbonyl (C=O) groups excluding carboxylic acids is 1. The minimum absolute atomic E-state index is 0.295.